The number of nitrogens with one attached hydrogen (secondary N) is 1. The first kappa shape index (κ1) is 13.3. The Hall–Kier alpha value is -0.120. The molecule has 1 aliphatic heterocycles. The lowest BCUT2D eigenvalue weighted by Gasteiger charge is -2.37. The molecule has 100 valence electrons. The van der Waals surface area contributed by atoms with E-state index in [0.717, 1.165) is 25.6 Å². The van der Waals surface area contributed by atoms with E-state index in [-0.39, 0.29) is 0 Å². The molecule has 1 aliphatic carbocycles. The number of nitrogens with zero attached hydrogens (tertiary/aromatic N) is 1. The van der Waals surface area contributed by atoms with Crippen molar-refractivity contribution in [3.8, 4) is 0 Å². The van der Waals surface area contributed by atoms with E-state index < -0.39 is 5.60 Å². The molecule has 17 heavy (non-hydrogen) atoms. The minimum absolute atomic E-state index is 0.522. The van der Waals surface area contributed by atoms with E-state index in [4.69, 9.17) is 0 Å². The van der Waals surface area contributed by atoms with Crippen molar-refractivity contribution >= 4 is 0 Å². The quantitative estimate of drug-likeness (QED) is 0.742. The molecule has 2 rings (SSSR count). The minimum atomic E-state index is -0.522. The first-order valence-electron chi connectivity index (χ1n) is 7.24. The normalized spacial score (nSPS) is 27.4. The molecule has 2 N–H and O–H groups in total. The largest absolute Gasteiger partial charge is 0.390 e. The fraction of sp³-hybridized carbons (Fsp3) is 1.00. The van der Waals surface area contributed by atoms with Crippen LogP contribution in [0.2, 0.25) is 0 Å². The molecule has 0 radical (unpaired) electrons. The molecule has 2 aliphatic rings. The Labute approximate surface area is 106 Å². The summed E-state index contributed by atoms with van der Waals surface area (Å²) in [6.07, 6.45) is 7.65. The third-order valence-corrected chi connectivity index (χ3v) is 3.98. The van der Waals surface area contributed by atoms with Gasteiger partial charge in [-0.05, 0) is 52.5 Å². The molecule has 0 aromatic carbocycles. The maximum absolute atomic E-state index is 9.82. The molecule has 0 aromatic heterocycles. The molecule has 3 nitrogen and oxygen atoms in total. The third-order valence-electron chi connectivity index (χ3n) is 3.98. The fourth-order valence-corrected chi connectivity index (χ4v) is 2.59. The van der Waals surface area contributed by atoms with Crippen LogP contribution in [0.25, 0.3) is 0 Å². The van der Waals surface area contributed by atoms with E-state index >= 15 is 0 Å². The van der Waals surface area contributed by atoms with Crippen molar-refractivity contribution in [1.29, 1.82) is 0 Å². The highest BCUT2D eigenvalue weighted by molar-refractivity contribution is 4.86. The second kappa shape index (κ2) is 5.68. The Morgan fingerprint density at radius 1 is 1.24 bits per heavy atom. The van der Waals surface area contributed by atoms with Gasteiger partial charge in [0.1, 0.15) is 0 Å². The van der Waals surface area contributed by atoms with Gasteiger partial charge in [-0.1, -0.05) is 6.42 Å². The zero-order valence-electron chi connectivity index (χ0n) is 11.4. The minimum Gasteiger partial charge on any atom is -0.390 e. The van der Waals surface area contributed by atoms with Crippen molar-refractivity contribution in [3.05, 3.63) is 0 Å². The van der Waals surface area contributed by atoms with Gasteiger partial charge in [-0.2, -0.15) is 0 Å². The second-order valence-electron chi connectivity index (χ2n) is 6.43. The van der Waals surface area contributed by atoms with Crippen molar-refractivity contribution in [2.45, 2.75) is 70.1 Å². The van der Waals surface area contributed by atoms with Crippen molar-refractivity contribution in [2.75, 3.05) is 19.6 Å². The van der Waals surface area contributed by atoms with Crippen LogP contribution in [0.5, 0.6) is 0 Å². The summed E-state index contributed by atoms with van der Waals surface area (Å²) >= 11 is 0. The molecule has 1 atom stereocenters. The highest BCUT2D eigenvalue weighted by Crippen LogP contribution is 2.22. The number of hydrogen-bond donors (Lipinski definition) is 2. The van der Waals surface area contributed by atoms with E-state index in [1.165, 1.54) is 38.6 Å². The van der Waals surface area contributed by atoms with Crippen molar-refractivity contribution in [2.24, 2.45) is 0 Å². The van der Waals surface area contributed by atoms with E-state index in [1.54, 1.807) is 0 Å². The number of rotatable bonds is 6. The molecule has 1 unspecified atom stereocenters. The lowest BCUT2D eigenvalue weighted by molar-refractivity contribution is 0.0441. The van der Waals surface area contributed by atoms with Crippen LogP contribution in [0.15, 0.2) is 0 Å². The summed E-state index contributed by atoms with van der Waals surface area (Å²) in [6.45, 7) is 7.23. The predicted octanol–water partition coefficient (Wildman–Crippen LogP) is 1.75. The monoisotopic (exact) mass is 240 g/mol. The van der Waals surface area contributed by atoms with E-state index in [0.29, 0.717) is 6.04 Å². The highest BCUT2D eigenvalue weighted by Gasteiger charge is 2.27. The standard InChI is InChI=1S/C14H28N2O/c1-14(2,17)8-10-16-9-4-3-5-13(16)11-15-12-6-7-12/h12-13,15,17H,3-11H2,1-2H3. The van der Waals surface area contributed by atoms with Crippen LogP contribution in [0.3, 0.4) is 0 Å². The lowest BCUT2D eigenvalue weighted by atomic mass is 9.99. The van der Waals surface area contributed by atoms with Gasteiger partial charge in [-0.15, -0.1) is 0 Å². The molecule has 0 bridgehead atoms. The highest BCUT2D eigenvalue weighted by atomic mass is 16.3. The zero-order chi connectivity index (χ0) is 12.3. The van der Waals surface area contributed by atoms with Gasteiger partial charge in [0.25, 0.3) is 0 Å². The van der Waals surface area contributed by atoms with Gasteiger partial charge in [-0.25, -0.2) is 0 Å². The van der Waals surface area contributed by atoms with Gasteiger partial charge < -0.3 is 10.4 Å². The summed E-state index contributed by atoms with van der Waals surface area (Å²) in [4.78, 5) is 2.58. The molecular weight excluding hydrogens is 212 g/mol. The lowest BCUT2D eigenvalue weighted by Crippen LogP contribution is -2.47. The summed E-state index contributed by atoms with van der Waals surface area (Å²) in [7, 11) is 0. The zero-order valence-corrected chi connectivity index (χ0v) is 11.4. The molecular formula is C14H28N2O. The van der Waals surface area contributed by atoms with Crippen LogP contribution in [0, 0.1) is 0 Å². The summed E-state index contributed by atoms with van der Waals surface area (Å²) in [6, 6.07) is 1.51. The topological polar surface area (TPSA) is 35.5 Å². The Bertz CT molecular complexity index is 233. The number of piperidine rings is 1. The number of likely N-dealkylation sites (tertiary alicyclic amines) is 1. The Balaban J connectivity index is 1.74. The molecule has 1 saturated heterocycles. The SMILES string of the molecule is CC(C)(O)CCN1CCCCC1CNC1CC1. The summed E-state index contributed by atoms with van der Waals surface area (Å²) in [5, 5.41) is 13.5. The van der Waals surface area contributed by atoms with Crippen LogP contribution in [-0.2, 0) is 0 Å². The molecule has 0 spiro atoms. The maximum atomic E-state index is 9.82. The van der Waals surface area contributed by atoms with Crippen LogP contribution in [0.1, 0.15) is 52.4 Å². The predicted molar refractivity (Wildman–Crippen MR) is 71.2 cm³/mol. The third kappa shape index (κ3) is 4.94. The molecule has 0 amide bonds. The number of hydrogen-bond acceptors (Lipinski definition) is 3. The van der Waals surface area contributed by atoms with Gasteiger partial charge in [-0.3, -0.25) is 4.90 Å². The van der Waals surface area contributed by atoms with Crippen LogP contribution < -0.4 is 5.32 Å². The van der Waals surface area contributed by atoms with Gasteiger partial charge in [0.2, 0.25) is 0 Å². The van der Waals surface area contributed by atoms with Crippen molar-refractivity contribution in [1.82, 2.24) is 10.2 Å². The average molecular weight is 240 g/mol. The van der Waals surface area contributed by atoms with E-state index in [1.807, 2.05) is 13.8 Å². The smallest absolute Gasteiger partial charge is 0.0603 e. The van der Waals surface area contributed by atoms with Gasteiger partial charge in [0.15, 0.2) is 0 Å². The summed E-state index contributed by atoms with van der Waals surface area (Å²) in [5.74, 6) is 0. The maximum Gasteiger partial charge on any atom is 0.0603 e. The Kier molecular flexibility index (Phi) is 4.45. The van der Waals surface area contributed by atoms with Crippen LogP contribution in [-0.4, -0.2) is 47.3 Å². The van der Waals surface area contributed by atoms with Gasteiger partial charge in [0, 0.05) is 25.2 Å². The Morgan fingerprint density at radius 3 is 2.65 bits per heavy atom. The van der Waals surface area contributed by atoms with E-state index in [9.17, 15) is 5.11 Å². The van der Waals surface area contributed by atoms with E-state index in [2.05, 4.69) is 10.2 Å². The van der Waals surface area contributed by atoms with Gasteiger partial charge >= 0.3 is 0 Å². The van der Waals surface area contributed by atoms with Gasteiger partial charge in [0.05, 0.1) is 5.60 Å². The Morgan fingerprint density at radius 2 is 2.00 bits per heavy atom. The van der Waals surface area contributed by atoms with Crippen molar-refractivity contribution in [3.63, 3.8) is 0 Å². The fourth-order valence-electron chi connectivity index (χ4n) is 2.59. The van der Waals surface area contributed by atoms with Crippen LogP contribution >= 0.6 is 0 Å². The second-order valence-corrected chi connectivity index (χ2v) is 6.43. The molecule has 1 saturated carbocycles. The molecule has 1 heterocycles. The molecule has 2 fully saturated rings. The average Bonchev–Trinajstić information content (AvgIpc) is 3.07. The summed E-state index contributed by atoms with van der Waals surface area (Å²) < 4.78 is 0. The number of aliphatic hydroxyl groups is 1. The van der Waals surface area contributed by atoms with Crippen molar-refractivity contribution < 1.29 is 5.11 Å². The molecule has 3 heteroatoms. The molecule has 0 aromatic rings. The summed E-state index contributed by atoms with van der Waals surface area (Å²) in [5.41, 5.74) is -0.522. The van der Waals surface area contributed by atoms with Crippen LogP contribution in [0.4, 0.5) is 0 Å². The first-order chi connectivity index (χ1) is 8.04. The first-order valence-corrected chi connectivity index (χ1v) is 7.24.